The van der Waals surface area contributed by atoms with Gasteiger partial charge in [0.2, 0.25) is 0 Å². The molecule has 0 fully saturated rings. The van der Waals surface area contributed by atoms with Gasteiger partial charge >= 0.3 is 6.18 Å². The van der Waals surface area contributed by atoms with E-state index in [-0.39, 0.29) is 0 Å². The Labute approximate surface area is 131 Å². The molecule has 1 nitrogen and oxygen atoms in total. The van der Waals surface area contributed by atoms with Gasteiger partial charge < -0.3 is 5.32 Å². The predicted molar refractivity (Wildman–Crippen MR) is 80.6 cm³/mol. The van der Waals surface area contributed by atoms with Gasteiger partial charge in [-0.3, -0.25) is 0 Å². The van der Waals surface area contributed by atoms with Crippen LogP contribution in [0, 0.1) is 0 Å². The van der Waals surface area contributed by atoms with Crippen molar-refractivity contribution in [3.8, 4) is 0 Å². The third-order valence-corrected chi connectivity index (χ3v) is 3.82. The maximum absolute atomic E-state index is 12.5. The molecule has 0 heterocycles. The summed E-state index contributed by atoms with van der Waals surface area (Å²) in [6, 6.07) is 11.3. The third kappa shape index (κ3) is 3.99. The second-order valence-corrected chi connectivity index (χ2v) is 5.95. The molecule has 0 spiro atoms. The molecule has 0 bridgehead atoms. The predicted octanol–water partition coefficient (Wildman–Crippen LogP) is 5.84. The summed E-state index contributed by atoms with van der Waals surface area (Å²) in [6.45, 7) is 0.531. The van der Waals surface area contributed by atoms with Crippen molar-refractivity contribution >= 4 is 37.5 Å². The van der Waals surface area contributed by atoms with E-state index >= 15 is 0 Å². The standard InChI is InChI=1S/C14H10Br2F3N/c15-11-3-1-2-9(6-11)8-20-13-5-4-10(7-12(13)16)14(17,18)19/h1-7,20H,8H2. The van der Waals surface area contributed by atoms with Crippen LogP contribution in [-0.4, -0.2) is 0 Å². The first-order valence-corrected chi connectivity index (χ1v) is 7.30. The number of anilines is 1. The van der Waals surface area contributed by atoms with E-state index in [1.165, 1.54) is 6.07 Å². The largest absolute Gasteiger partial charge is 0.416 e. The average molecular weight is 409 g/mol. The molecule has 2 rings (SSSR count). The highest BCUT2D eigenvalue weighted by atomic mass is 79.9. The summed E-state index contributed by atoms with van der Waals surface area (Å²) in [7, 11) is 0. The molecule has 0 aliphatic heterocycles. The molecule has 1 N–H and O–H groups in total. The summed E-state index contributed by atoms with van der Waals surface area (Å²) in [5.41, 5.74) is 0.988. The monoisotopic (exact) mass is 407 g/mol. The van der Waals surface area contributed by atoms with E-state index in [4.69, 9.17) is 0 Å². The van der Waals surface area contributed by atoms with E-state index in [1.807, 2.05) is 24.3 Å². The highest BCUT2D eigenvalue weighted by Gasteiger charge is 2.30. The second kappa shape index (κ2) is 6.18. The van der Waals surface area contributed by atoms with Crippen LogP contribution in [0.15, 0.2) is 51.4 Å². The Morgan fingerprint density at radius 1 is 1.00 bits per heavy atom. The van der Waals surface area contributed by atoms with Crippen molar-refractivity contribution in [2.45, 2.75) is 12.7 Å². The van der Waals surface area contributed by atoms with Crippen LogP contribution < -0.4 is 5.32 Å². The Balaban J connectivity index is 2.11. The molecule has 2 aromatic rings. The number of rotatable bonds is 3. The second-order valence-electron chi connectivity index (χ2n) is 4.18. The minimum Gasteiger partial charge on any atom is -0.380 e. The molecule has 106 valence electrons. The van der Waals surface area contributed by atoms with Crippen LogP contribution in [0.3, 0.4) is 0 Å². The first-order chi connectivity index (χ1) is 9.36. The van der Waals surface area contributed by atoms with Crippen molar-refractivity contribution in [1.82, 2.24) is 0 Å². The fraction of sp³-hybridized carbons (Fsp3) is 0.143. The molecule has 0 aromatic heterocycles. The Morgan fingerprint density at radius 3 is 2.35 bits per heavy atom. The van der Waals surface area contributed by atoms with Crippen molar-refractivity contribution < 1.29 is 13.2 Å². The lowest BCUT2D eigenvalue weighted by atomic mass is 10.2. The smallest absolute Gasteiger partial charge is 0.380 e. The fourth-order valence-electron chi connectivity index (χ4n) is 1.68. The van der Waals surface area contributed by atoms with Gasteiger partial charge in [0.15, 0.2) is 0 Å². The van der Waals surface area contributed by atoms with E-state index < -0.39 is 11.7 Å². The van der Waals surface area contributed by atoms with Gasteiger partial charge in [0.05, 0.1) is 5.56 Å². The highest BCUT2D eigenvalue weighted by molar-refractivity contribution is 9.10. The third-order valence-electron chi connectivity index (χ3n) is 2.67. The minimum atomic E-state index is -4.33. The first kappa shape index (κ1) is 15.4. The summed E-state index contributed by atoms with van der Waals surface area (Å²) < 4.78 is 39.0. The maximum Gasteiger partial charge on any atom is 0.416 e. The number of hydrogen-bond donors (Lipinski definition) is 1. The van der Waals surface area contributed by atoms with Crippen LogP contribution in [0.1, 0.15) is 11.1 Å². The maximum atomic E-state index is 12.5. The molecule has 20 heavy (non-hydrogen) atoms. The van der Waals surface area contributed by atoms with Gasteiger partial charge in [-0.05, 0) is 51.8 Å². The molecule has 0 aliphatic rings. The summed E-state index contributed by atoms with van der Waals surface area (Å²) in [5, 5.41) is 3.10. The molecule has 2 aromatic carbocycles. The first-order valence-electron chi connectivity index (χ1n) is 5.71. The van der Waals surface area contributed by atoms with Gasteiger partial charge in [0.1, 0.15) is 0 Å². The van der Waals surface area contributed by atoms with E-state index in [0.717, 1.165) is 22.2 Å². The Morgan fingerprint density at radius 2 is 1.75 bits per heavy atom. The average Bonchev–Trinajstić information content (AvgIpc) is 2.36. The molecule has 0 atom stereocenters. The van der Waals surface area contributed by atoms with Crippen molar-refractivity contribution in [2.24, 2.45) is 0 Å². The van der Waals surface area contributed by atoms with Gasteiger partial charge in [0.25, 0.3) is 0 Å². The lowest BCUT2D eigenvalue weighted by molar-refractivity contribution is -0.137. The number of benzene rings is 2. The van der Waals surface area contributed by atoms with Crippen LogP contribution in [0.2, 0.25) is 0 Å². The highest BCUT2D eigenvalue weighted by Crippen LogP contribution is 2.34. The molecule has 6 heteroatoms. The lowest BCUT2D eigenvalue weighted by Gasteiger charge is -2.12. The Kier molecular flexibility index (Phi) is 4.75. The zero-order valence-electron chi connectivity index (χ0n) is 10.1. The van der Waals surface area contributed by atoms with E-state index in [9.17, 15) is 13.2 Å². The summed E-state index contributed by atoms with van der Waals surface area (Å²) in [5.74, 6) is 0. The molecule has 0 radical (unpaired) electrons. The van der Waals surface area contributed by atoms with Crippen molar-refractivity contribution in [1.29, 1.82) is 0 Å². The topological polar surface area (TPSA) is 12.0 Å². The van der Waals surface area contributed by atoms with E-state index in [0.29, 0.717) is 16.7 Å². The van der Waals surface area contributed by atoms with Gasteiger partial charge in [-0.1, -0.05) is 28.1 Å². The lowest BCUT2D eigenvalue weighted by Crippen LogP contribution is -2.06. The normalized spacial score (nSPS) is 11.4. The van der Waals surface area contributed by atoms with Crippen molar-refractivity contribution in [3.63, 3.8) is 0 Å². The van der Waals surface area contributed by atoms with Gasteiger partial charge in [0, 0.05) is 21.2 Å². The van der Waals surface area contributed by atoms with Crippen LogP contribution in [0.25, 0.3) is 0 Å². The van der Waals surface area contributed by atoms with Crippen molar-refractivity contribution in [2.75, 3.05) is 5.32 Å². The van der Waals surface area contributed by atoms with E-state index in [2.05, 4.69) is 37.2 Å². The van der Waals surface area contributed by atoms with Crippen LogP contribution >= 0.6 is 31.9 Å². The van der Waals surface area contributed by atoms with Gasteiger partial charge in [-0.2, -0.15) is 13.2 Å². The SMILES string of the molecule is FC(F)(F)c1ccc(NCc2cccc(Br)c2)c(Br)c1. The summed E-state index contributed by atoms with van der Waals surface area (Å²) in [4.78, 5) is 0. The molecular formula is C14H10Br2F3N. The van der Waals surface area contributed by atoms with E-state index in [1.54, 1.807) is 0 Å². The van der Waals surface area contributed by atoms with Crippen molar-refractivity contribution in [3.05, 3.63) is 62.5 Å². The zero-order chi connectivity index (χ0) is 14.8. The van der Waals surface area contributed by atoms with Gasteiger partial charge in [-0.15, -0.1) is 0 Å². The summed E-state index contributed by atoms with van der Waals surface area (Å²) in [6.07, 6.45) is -4.33. The summed E-state index contributed by atoms with van der Waals surface area (Å²) >= 11 is 6.53. The van der Waals surface area contributed by atoms with Crippen LogP contribution in [0.4, 0.5) is 18.9 Å². The molecule has 0 aliphatic carbocycles. The molecule has 0 saturated heterocycles. The Bertz CT molecular complexity index is 612. The number of hydrogen-bond acceptors (Lipinski definition) is 1. The molecule has 0 saturated carbocycles. The molecule has 0 amide bonds. The fourth-order valence-corrected chi connectivity index (χ4v) is 2.64. The molecule has 0 unspecified atom stereocenters. The minimum absolute atomic E-state index is 0.391. The quantitative estimate of drug-likeness (QED) is 0.672. The molecular weight excluding hydrogens is 399 g/mol. The Hall–Kier alpha value is -1.01. The van der Waals surface area contributed by atoms with Gasteiger partial charge in [-0.25, -0.2) is 0 Å². The van der Waals surface area contributed by atoms with Crippen LogP contribution in [-0.2, 0) is 12.7 Å². The number of alkyl halides is 3. The van der Waals surface area contributed by atoms with Crippen LogP contribution in [0.5, 0.6) is 0 Å². The number of halogens is 5. The number of nitrogens with one attached hydrogen (secondary N) is 1. The zero-order valence-corrected chi connectivity index (χ0v) is 13.3.